The summed E-state index contributed by atoms with van der Waals surface area (Å²) in [5.74, 6) is -1.59. The smallest absolute Gasteiger partial charge is 0.264 e. The fourth-order valence-electron chi connectivity index (χ4n) is 1.56. The third-order valence-electron chi connectivity index (χ3n) is 2.47. The van der Waals surface area contributed by atoms with Crippen LogP contribution in [-0.2, 0) is 10.0 Å². The van der Waals surface area contributed by atoms with Crippen molar-refractivity contribution in [3.63, 3.8) is 0 Å². The first-order valence-electron chi connectivity index (χ1n) is 5.41. The van der Waals surface area contributed by atoms with Gasteiger partial charge in [0.2, 0.25) is 0 Å². The summed E-state index contributed by atoms with van der Waals surface area (Å²) in [6.45, 7) is 0. The topological polar surface area (TPSA) is 70.0 Å². The van der Waals surface area contributed by atoms with Gasteiger partial charge in [-0.15, -0.1) is 0 Å². The van der Waals surface area contributed by atoms with Crippen LogP contribution in [0, 0.1) is 23.0 Å². The Morgan fingerprint density at radius 1 is 1.10 bits per heavy atom. The first-order valence-corrected chi connectivity index (χ1v) is 6.89. The molecule has 2 rings (SSSR count). The second kappa shape index (κ2) is 5.27. The molecule has 0 amide bonds. The van der Waals surface area contributed by atoms with Gasteiger partial charge in [-0.1, -0.05) is 12.1 Å². The lowest BCUT2D eigenvalue weighted by molar-refractivity contribution is 0.570. The maximum absolute atomic E-state index is 13.5. The fraction of sp³-hybridized carbons (Fsp3) is 0. The molecule has 20 heavy (non-hydrogen) atoms. The number of rotatable bonds is 3. The number of benzene rings is 2. The van der Waals surface area contributed by atoms with Gasteiger partial charge in [-0.05, 0) is 30.3 Å². The van der Waals surface area contributed by atoms with Crippen LogP contribution in [0.1, 0.15) is 5.56 Å². The highest BCUT2D eigenvalue weighted by Gasteiger charge is 2.20. The van der Waals surface area contributed by atoms with Gasteiger partial charge in [0.25, 0.3) is 10.0 Å². The van der Waals surface area contributed by atoms with Crippen LogP contribution in [0.2, 0.25) is 0 Å². The predicted molar refractivity (Wildman–Crippen MR) is 68.3 cm³/mol. The average molecular weight is 294 g/mol. The van der Waals surface area contributed by atoms with Gasteiger partial charge in [-0.3, -0.25) is 4.72 Å². The first-order chi connectivity index (χ1) is 9.44. The molecule has 0 unspecified atom stereocenters. The second-order valence-corrected chi connectivity index (χ2v) is 5.49. The van der Waals surface area contributed by atoms with Crippen LogP contribution in [0.4, 0.5) is 14.5 Å². The Labute approximate surface area is 114 Å². The lowest BCUT2D eigenvalue weighted by atomic mass is 10.2. The van der Waals surface area contributed by atoms with Gasteiger partial charge < -0.3 is 0 Å². The van der Waals surface area contributed by atoms with Crippen molar-refractivity contribution in [2.75, 3.05) is 4.72 Å². The van der Waals surface area contributed by atoms with Crippen molar-refractivity contribution in [3.8, 4) is 6.07 Å². The summed E-state index contributed by atoms with van der Waals surface area (Å²) in [4.78, 5) is -0.548. The lowest BCUT2D eigenvalue weighted by Crippen LogP contribution is -2.15. The summed E-state index contributed by atoms with van der Waals surface area (Å²) in [6, 6.07) is 9.47. The Bertz CT molecular complexity index is 798. The highest BCUT2D eigenvalue weighted by atomic mass is 32.2. The fourth-order valence-corrected chi connectivity index (χ4v) is 2.72. The van der Waals surface area contributed by atoms with E-state index >= 15 is 0 Å². The van der Waals surface area contributed by atoms with Crippen LogP contribution in [-0.4, -0.2) is 8.42 Å². The highest BCUT2D eigenvalue weighted by Crippen LogP contribution is 2.22. The average Bonchev–Trinajstić information content (AvgIpc) is 2.41. The molecule has 0 atom stereocenters. The molecule has 1 N–H and O–H groups in total. The quantitative estimate of drug-likeness (QED) is 0.946. The van der Waals surface area contributed by atoms with Gasteiger partial charge in [0.15, 0.2) is 0 Å². The number of hydrogen-bond acceptors (Lipinski definition) is 3. The van der Waals surface area contributed by atoms with Gasteiger partial charge >= 0.3 is 0 Å². The minimum Gasteiger partial charge on any atom is -0.278 e. The van der Waals surface area contributed by atoms with Crippen LogP contribution >= 0.6 is 0 Å². The van der Waals surface area contributed by atoms with Crippen molar-refractivity contribution >= 4 is 15.7 Å². The van der Waals surface area contributed by atoms with Gasteiger partial charge in [-0.25, -0.2) is 17.2 Å². The van der Waals surface area contributed by atoms with Crippen molar-refractivity contribution in [3.05, 3.63) is 59.7 Å². The summed E-state index contributed by atoms with van der Waals surface area (Å²) in [6.07, 6.45) is 0. The maximum Gasteiger partial charge on any atom is 0.264 e. The SMILES string of the molecule is N#Cc1cc(F)ccc1NS(=O)(=O)c1ccccc1F. The summed E-state index contributed by atoms with van der Waals surface area (Å²) in [5.41, 5.74) is -0.304. The molecule has 2 aromatic carbocycles. The molecule has 0 radical (unpaired) electrons. The minimum absolute atomic E-state index is 0.114. The molecule has 0 aromatic heterocycles. The Morgan fingerprint density at radius 3 is 2.45 bits per heavy atom. The lowest BCUT2D eigenvalue weighted by Gasteiger charge is -2.10. The molecule has 0 spiro atoms. The van der Waals surface area contributed by atoms with Crippen LogP contribution < -0.4 is 4.72 Å². The molecule has 0 aliphatic rings. The summed E-state index contributed by atoms with van der Waals surface area (Å²) in [5, 5.41) is 8.84. The van der Waals surface area contributed by atoms with E-state index < -0.39 is 26.6 Å². The zero-order valence-electron chi connectivity index (χ0n) is 9.97. The van der Waals surface area contributed by atoms with Gasteiger partial charge in [-0.2, -0.15) is 5.26 Å². The third-order valence-corrected chi connectivity index (χ3v) is 3.87. The van der Waals surface area contributed by atoms with E-state index in [1.165, 1.54) is 12.1 Å². The van der Waals surface area contributed by atoms with Crippen LogP contribution in [0.3, 0.4) is 0 Å². The molecular formula is C13H8F2N2O2S. The highest BCUT2D eigenvalue weighted by molar-refractivity contribution is 7.92. The molecule has 0 heterocycles. The maximum atomic E-state index is 13.5. The molecular weight excluding hydrogens is 286 g/mol. The van der Waals surface area contributed by atoms with Gasteiger partial charge in [0.05, 0.1) is 11.3 Å². The molecule has 4 nitrogen and oxygen atoms in total. The van der Waals surface area contributed by atoms with Crippen molar-refractivity contribution in [1.29, 1.82) is 5.26 Å². The second-order valence-electron chi connectivity index (χ2n) is 3.84. The number of hydrogen-bond donors (Lipinski definition) is 1. The molecule has 0 saturated carbocycles. The number of nitrogens with one attached hydrogen (secondary N) is 1. The Balaban J connectivity index is 2.45. The number of anilines is 1. The zero-order chi connectivity index (χ0) is 14.8. The standard InChI is InChI=1S/C13H8F2N2O2S/c14-10-5-6-12(9(7-10)8-16)17-20(18,19)13-4-2-1-3-11(13)15/h1-7,17H. The molecule has 102 valence electrons. The van der Waals surface area contributed by atoms with Crippen LogP contribution in [0.15, 0.2) is 47.4 Å². The van der Waals surface area contributed by atoms with Crippen molar-refractivity contribution in [2.45, 2.75) is 4.90 Å². The van der Waals surface area contributed by atoms with E-state index in [9.17, 15) is 17.2 Å². The van der Waals surface area contributed by atoms with E-state index in [4.69, 9.17) is 5.26 Å². The number of nitriles is 1. The van der Waals surface area contributed by atoms with E-state index in [-0.39, 0.29) is 11.3 Å². The van der Waals surface area contributed by atoms with E-state index in [0.29, 0.717) is 0 Å². The van der Waals surface area contributed by atoms with Crippen molar-refractivity contribution < 1.29 is 17.2 Å². The number of halogens is 2. The minimum atomic E-state index is -4.19. The largest absolute Gasteiger partial charge is 0.278 e. The number of sulfonamides is 1. The van der Waals surface area contributed by atoms with Gasteiger partial charge in [0.1, 0.15) is 22.6 Å². The number of nitrogens with zero attached hydrogens (tertiary/aromatic N) is 1. The Kier molecular flexibility index (Phi) is 3.68. The monoisotopic (exact) mass is 294 g/mol. The molecule has 0 fully saturated rings. The summed E-state index contributed by atoms with van der Waals surface area (Å²) >= 11 is 0. The van der Waals surface area contributed by atoms with Crippen molar-refractivity contribution in [2.24, 2.45) is 0 Å². The molecule has 0 bridgehead atoms. The Morgan fingerprint density at radius 2 is 1.80 bits per heavy atom. The van der Waals surface area contributed by atoms with E-state index in [2.05, 4.69) is 4.72 Å². The van der Waals surface area contributed by atoms with Crippen molar-refractivity contribution in [1.82, 2.24) is 0 Å². The normalized spacial score (nSPS) is 10.8. The summed E-state index contributed by atoms with van der Waals surface area (Å²) in [7, 11) is -4.19. The molecule has 0 aliphatic heterocycles. The molecule has 2 aromatic rings. The molecule has 0 saturated heterocycles. The van der Waals surface area contributed by atoms with Crippen LogP contribution in [0.5, 0.6) is 0 Å². The van der Waals surface area contributed by atoms with E-state index in [1.807, 2.05) is 0 Å². The predicted octanol–water partition coefficient (Wildman–Crippen LogP) is 2.64. The third kappa shape index (κ3) is 2.75. The van der Waals surface area contributed by atoms with E-state index in [0.717, 1.165) is 30.3 Å². The molecule has 7 heteroatoms. The summed E-state index contributed by atoms with van der Waals surface area (Å²) < 4.78 is 52.6. The molecule has 0 aliphatic carbocycles. The Hall–Kier alpha value is -2.46. The van der Waals surface area contributed by atoms with Crippen LogP contribution in [0.25, 0.3) is 0 Å². The van der Waals surface area contributed by atoms with E-state index in [1.54, 1.807) is 6.07 Å². The van der Waals surface area contributed by atoms with Gasteiger partial charge in [0, 0.05) is 0 Å². The first kappa shape index (κ1) is 14.0. The zero-order valence-corrected chi connectivity index (χ0v) is 10.8.